The smallest absolute Gasteiger partial charge is 0.162 e. The van der Waals surface area contributed by atoms with Gasteiger partial charge in [-0.05, 0) is 43.2 Å². The van der Waals surface area contributed by atoms with Gasteiger partial charge in [0, 0.05) is 17.1 Å². The quantitative estimate of drug-likeness (QED) is 0.856. The van der Waals surface area contributed by atoms with Gasteiger partial charge in [-0.3, -0.25) is 0 Å². The van der Waals surface area contributed by atoms with Gasteiger partial charge in [0.05, 0.1) is 13.2 Å². The molecule has 0 heterocycles. The summed E-state index contributed by atoms with van der Waals surface area (Å²) in [6, 6.07) is 3.71. The van der Waals surface area contributed by atoms with Gasteiger partial charge in [0.1, 0.15) is 0 Å². The van der Waals surface area contributed by atoms with E-state index in [1.807, 2.05) is 26.0 Å². The Kier molecular flexibility index (Phi) is 4.50. The van der Waals surface area contributed by atoms with Gasteiger partial charge in [-0.25, -0.2) is 0 Å². The van der Waals surface area contributed by atoms with E-state index in [-0.39, 0.29) is 6.04 Å². The van der Waals surface area contributed by atoms with E-state index in [4.69, 9.17) is 26.8 Å². The van der Waals surface area contributed by atoms with E-state index in [1.165, 1.54) is 0 Å². The van der Waals surface area contributed by atoms with Gasteiger partial charge in [-0.2, -0.15) is 0 Å². The fraction of sp³-hybridized carbons (Fsp3) is 0.625. The topological polar surface area (TPSA) is 44.5 Å². The van der Waals surface area contributed by atoms with Crippen LogP contribution in [-0.4, -0.2) is 13.2 Å². The summed E-state index contributed by atoms with van der Waals surface area (Å²) in [4.78, 5) is 0. The Labute approximate surface area is 126 Å². The van der Waals surface area contributed by atoms with Crippen molar-refractivity contribution in [2.75, 3.05) is 13.2 Å². The molecule has 0 aliphatic heterocycles. The highest BCUT2D eigenvalue weighted by Crippen LogP contribution is 2.58. The molecule has 1 aromatic rings. The molecule has 112 valence electrons. The van der Waals surface area contributed by atoms with Crippen LogP contribution in [0.15, 0.2) is 12.1 Å². The highest BCUT2D eigenvalue weighted by atomic mass is 35.5. The van der Waals surface area contributed by atoms with Crippen LogP contribution in [0, 0.1) is 11.3 Å². The monoisotopic (exact) mass is 297 g/mol. The first-order chi connectivity index (χ1) is 9.40. The van der Waals surface area contributed by atoms with Gasteiger partial charge in [0.15, 0.2) is 11.5 Å². The molecule has 0 amide bonds. The number of benzene rings is 1. The second-order valence-corrected chi connectivity index (χ2v) is 6.42. The molecule has 2 unspecified atom stereocenters. The van der Waals surface area contributed by atoms with Gasteiger partial charge in [0.2, 0.25) is 0 Å². The van der Waals surface area contributed by atoms with Crippen LogP contribution in [-0.2, 0) is 0 Å². The van der Waals surface area contributed by atoms with Crippen molar-refractivity contribution in [1.29, 1.82) is 0 Å². The third kappa shape index (κ3) is 3.04. The molecule has 1 aromatic carbocycles. The number of ether oxygens (including phenoxy) is 2. The van der Waals surface area contributed by atoms with E-state index in [0.29, 0.717) is 35.3 Å². The average molecular weight is 298 g/mol. The molecule has 1 aliphatic carbocycles. The third-order valence-electron chi connectivity index (χ3n) is 4.04. The molecule has 2 atom stereocenters. The molecule has 1 fully saturated rings. The van der Waals surface area contributed by atoms with Gasteiger partial charge in [-0.1, -0.05) is 25.4 Å². The van der Waals surface area contributed by atoms with Gasteiger partial charge < -0.3 is 15.2 Å². The molecule has 0 spiro atoms. The maximum Gasteiger partial charge on any atom is 0.162 e. The lowest BCUT2D eigenvalue weighted by atomic mass is 9.97. The van der Waals surface area contributed by atoms with E-state index in [0.717, 1.165) is 17.7 Å². The second kappa shape index (κ2) is 5.82. The van der Waals surface area contributed by atoms with Crippen LogP contribution in [0.2, 0.25) is 5.02 Å². The lowest BCUT2D eigenvalue weighted by Crippen LogP contribution is -2.16. The maximum absolute atomic E-state index is 6.39. The summed E-state index contributed by atoms with van der Waals surface area (Å²) >= 11 is 6.38. The highest BCUT2D eigenvalue weighted by molar-refractivity contribution is 6.31. The molecule has 4 heteroatoms. The number of hydrogen-bond donors (Lipinski definition) is 1. The molecule has 0 bridgehead atoms. The minimum Gasteiger partial charge on any atom is -0.490 e. The second-order valence-electron chi connectivity index (χ2n) is 6.01. The summed E-state index contributed by atoms with van der Waals surface area (Å²) in [5.74, 6) is 1.89. The molecule has 20 heavy (non-hydrogen) atoms. The van der Waals surface area contributed by atoms with Crippen LogP contribution in [0.4, 0.5) is 0 Å². The molecular formula is C16H24ClNO2. The van der Waals surface area contributed by atoms with Crippen LogP contribution in [0.3, 0.4) is 0 Å². The molecule has 0 aromatic heterocycles. The fourth-order valence-corrected chi connectivity index (χ4v) is 2.96. The normalized spacial score (nSPS) is 21.4. The molecule has 3 nitrogen and oxygen atoms in total. The lowest BCUT2D eigenvalue weighted by molar-refractivity contribution is 0.287. The van der Waals surface area contributed by atoms with E-state index in [2.05, 4.69) is 13.8 Å². The van der Waals surface area contributed by atoms with Crippen molar-refractivity contribution in [1.82, 2.24) is 0 Å². The van der Waals surface area contributed by atoms with Crippen molar-refractivity contribution in [3.05, 3.63) is 22.7 Å². The van der Waals surface area contributed by atoms with Crippen molar-refractivity contribution in [2.24, 2.45) is 17.1 Å². The number of hydrogen-bond acceptors (Lipinski definition) is 3. The summed E-state index contributed by atoms with van der Waals surface area (Å²) in [5, 5.41) is 0.659. The largest absolute Gasteiger partial charge is 0.490 e. The maximum atomic E-state index is 6.39. The zero-order valence-electron chi connectivity index (χ0n) is 12.7. The molecule has 0 radical (unpaired) electrons. The summed E-state index contributed by atoms with van der Waals surface area (Å²) < 4.78 is 11.2. The number of nitrogens with two attached hydrogens (primary N) is 1. The minimum absolute atomic E-state index is 0.0487. The number of rotatable bonds is 6. The van der Waals surface area contributed by atoms with Crippen molar-refractivity contribution in [2.45, 2.75) is 40.2 Å². The Bertz CT molecular complexity index is 488. The standard InChI is InChI=1S/C16H24ClNO2/c1-5-19-13-7-10(12(17)8-14(13)20-6-2)15(18)11-9-16(11,3)4/h7-8,11,15H,5-6,9,18H2,1-4H3. The summed E-state index contributed by atoms with van der Waals surface area (Å²) in [7, 11) is 0. The van der Waals surface area contributed by atoms with Crippen LogP contribution in [0.25, 0.3) is 0 Å². The third-order valence-corrected chi connectivity index (χ3v) is 4.37. The molecule has 2 rings (SSSR count). The van der Waals surface area contributed by atoms with E-state index in [1.54, 1.807) is 0 Å². The first-order valence-corrected chi connectivity index (χ1v) is 7.63. The van der Waals surface area contributed by atoms with E-state index in [9.17, 15) is 0 Å². The Balaban J connectivity index is 2.31. The van der Waals surface area contributed by atoms with Crippen LogP contribution in [0.1, 0.15) is 45.7 Å². The predicted molar refractivity (Wildman–Crippen MR) is 82.6 cm³/mol. The van der Waals surface area contributed by atoms with Crippen molar-refractivity contribution in [3.8, 4) is 11.5 Å². The first kappa shape index (κ1) is 15.5. The van der Waals surface area contributed by atoms with Gasteiger partial charge in [0.25, 0.3) is 0 Å². The average Bonchev–Trinajstić information content (AvgIpc) is 3.01. The number of halogens is 1. The van der Waals surface area contributed by atoms with Crippen LogP contribution >= 0.6 is 11.6 Å². The Hall–Kier alpha value is -0.930. The first-order valence-electron chi connectivity index (χ1n) is 7.25. The summed E-state index contributed by atoms with van der Waals surface area (Å²) in [6.07, 6.45) is 1.14. The zero-order chi connectivity index (χ0) is 14.9. The predicted octanol–water partition coefficient (Wildman–Crippen LogP) is 4.18. The lowest BCUT2D eigenvalue weighted by Gasteiger charge is -2.19. The van der Waals surface area contributed by atoms with Gasteiger partial charge in [-0.15, -0.1) is 0 Å². The van der Waals surface area contributed by atoms with Gasteiger partial charge >= 0.3 is 0 Å². The molecular weight excluding hydrogens is 274 g/mol. The van der Waals surface area contributed by atoms with Crippen molar-refractivity contribution >= 4 is 11.6 Å². The molecule has 1 saturated carbocycles. The van der Waals surface area contributed by atoms with Crippen molar-refractivity contribution < 1.29 is 9.47 Å². The van der Waals surface area contributed by atoms with E-state index >= 15 is 0 Å². The Morgan fingerprint density at radius 2 is 1.75 bits per heavy atom. The Morgan fingerprint density at radius 1 is 1.25 bits per heavy atom. The molecule has 2 N–H and O–H groups in total. The fourth-order valence-electron chi connectivity index (χ4n) is 2.68. The molecule has 1 aliphatic rings. The summed E-state index contributed by atoms with van der Waals surface area (Å²) in [6.45, 7) is 9.54. The summed E-state index contributed by atoms with van der Waals surface area (Å²) in [5.41, 5.74) is 7.65. The van der Waals surface area contributed by atoms with Crippen molar-refractivity contribution in [3.63, 3.8) is 0 Å². The SMILES string of the molecule is CCOc1cc(Cl)c(C(N)C2CC2(C)C)cc1OCC. The van der Waals surface area contributed by atoms with E-state index < -0.39 is 0 Å². The van der Waals surface area contributed by atoms with Crippen LogP contribution < -0.4 is 15.2 Å². The zero-order valence-corrected chi connectivity index (χ0v) is 13.5. The minimum atomic E-state index is -0.0487. The van der Waals surface area contributed by atoms with Crippen LogP contribution in [0.5, 0.6) is 11.5 Å². The Morgan fingerprint density at radius 3 is 2.20 bits per heavy atom. The molecule has 0 saturated heterocycles. The highest BCUT2D eigenvalue weighted by Gasteiger charge is 2.49.